The van der Waals surface area contributed by atoms with Crippen LogP contribution in [0.3, 0.4) is 0 Å². The van der Waals surface area contributed by atoms with Crippen LogP contribution in [0.1, 0.15) is 48.8 Å². The molecule has 1 N–H and O–H groups in total. The van der Waals surface area contributed by atoms with E-state index in [1.165, 1.54) is 17.5 Å². The number of amides is 1. The van der Waals surface area contributed by atoms with E-state index in [9.17, 15) is 13.2 Å². The number of rotatable bonds is 5. The van der Waals surface area contributed by atoms with Crippen molar-refractivity contribution in [2.45, 2.75) is 56.3 Å². The summed E-state index contributed by atoms with van der Waals surface area (Å²) in [5.41, 5.74) is 4.32. The van der Waals surface area contributed by atoms with Crippen LogP contribution in [0.25, 0.3) is 0 Å². The Labute approximate surface area is 173 Å². The third-order valence-corrected chi connectivity index (χ3v) is 7.82. The Hall–Kier alpha value is -2.18. The molecular formula is C23H28N2O3S. The number of hydrogen-bond donors (Lipinski definition) is 1. The van der Waals surface area contributed by atoms with Crippen molar-refractivity contribution in [3.63, 3.8) is 0 Å². The quantitative estimate of drug-likeness (QED) is 0.809. The normalized spacial score (nSPS) is 17.5. The summed E-state index contributed by atoms with van der Waals surface area (Å²) in [4.78, 5) is 12.9. The first-order chi connectivity index (χ1) is 14.0. The average molecular weight is 413 g/mol. The maximum atomic E-state index is 12.7. The topological polar surface area (TPSA) is 66.5 Å². The number of piperidine rings is 1. The van der Waals surface area contributed by atoms with Gasteiger partial charge in [-0.05, 0) is 73.4 Å². The minimum Gasteiger partial charge on any atom is -0.326 e. The molecule has 0 unspecified atom stereocenters. The zero-order valence-electron chi connectivity index (χ0n) is 16.7. The molecular weight excluding hydrogens is 384 g/mol. The molecule has 0 aromatic heterocycles. The first kappa shape index (κ1) is 20.1. The van der Waals surface area contributed by atoms with Gasteiger partial charge in [-0.3, -0.25) is 4.79 Å². The predicted octanol–water partition coefficient (Wildman–Crippen LogP) is 3.92. The van der Waals surface area contributed by atoms with Crippen molar-refractivity contribution in [2.24, 2.45) is 0 Å². The average Bonchev–Trinajstić information content (AvgIpc) is 2.75. The molecule has 0 radical (unpaired) electrons. The maximum Gasteiger partial charge on any atom is 0.243 e. The number of anilines is 1. The van der Waals surface area contributed by atoms with Gasteiger partial charge in [-0.15, -0.1) is 0 Å². The van der Waals surface area contributed by atoms with Crippen molar-refractivity contribution >= 4 is 21.6 Å². The summed E-state index contributed by atoms with van der Waals surface area (Å²) >= 11 is 0. The zero-order chi connectivity index (χ0) is 20.3. The van der Waals surface area contributed by atoms with Gasteiger partial charge < -0.3 is 5.32 Å². The van der Waals surface area contributed by atoms with E-state index in [0.29, 0.717) is 18.0 Å². The Bertz CT molecular complexity index is 978. The second-order valence-electron chi connectivity index (χ2n) is 7.98. The molecule has 1 aliphatic heterocycles. The van der Waals surface area contributed by atoms with E-state index < -0.39 is 10.0 Å². The van der Waals surface area contributed by atoms with Gasteiger partial charge in [0, 0.05) is 18.8 Å². The molecule has 0 saturated carbocycles. The van der Waals surface area contributed by atoms with Crippen LogP contribution in [-0.4, -0.2) is 31.7 Å². The lowest BCUT2D eigenvalue weighted by molar-refractivity contribution is -0.115. The molecule has 154 valence electrons. The Balaban J connectivity index is 1.42. The summed E-state index contributed by atoms with van der Waals surface area (Å²) in [5.74, 6) is -0.0735. The van der Waals surface area contributed by atoms with Gasteiger partial charge in [0.15, 0.2) is 0 Å². The van der Waals surface area contributed by atoms with E-state index in [1.807, 2.05) is 12.1 Å². The van der Waals surface area contributed by atoms with Crippen LogP contribution >= 0.6 is 0 Å². The predicted molar refractivity (Wildman–Crippen MR) is 114 cm³/mol. The molecule has 2 aromatic carbocycles. The maximum absolute atomic E-state index is 12.7. The molecule has 2 aromatic rings. The van der Waals surface area contributed by atoms with E-state index >= 15 is 0 Å². The van der Waals surface area contributed by atoms with Crippen molar-refractivity contribution in [1.29, 1.82) is 0 Å². The van der Waals surface area contributed by atoms with Gasteiger partial charge in [0.25, 0.3) is 0 Å². The summed E-state index contributed by atoms with van der Waals surface area (Å²) in [6, 6.07) is 12.9. The van der Waals surface area contributed by atoms with Gasteiger partial charge in [0.2, 0.25) is 15.9 Å². The summed E-state index contributed by atoms with van der Waals surface area (Å²) in [7, 11) is -3.43. The van der Waals surface area contributed by atoms with E-state index in [0.717, 1.165) is 49.8 Å². The Kier molecular flexibility index (Phi) is 6.01. The third kappa shape index (κ3) is 4.54. The highest BCUT2D eigenvalue weighted by Crippen LogP contribution is 2.28. The van der Waals surface area contributed by atoms with Crippen molar-refractivity contribution in [3.8, 4) is 0 Å². The molecule has 1 fully saturated rings. The monoisotopic (exact) mass is 412 g/mol. The van der Waals surface area contributed by atoms with Gasteiger partial charge in [-0.2, -0.15) is 4.31 Å². The number of carbonyl (C=O) groups excluding carboxylic acids is 1. The fourth-order valence-electron chi connectivity index (χ4n) is 4.31. The molecule has 1 aliphatic carbocycles. The van der Waals surface area contributed by atoms with Crippen LogP contribution in [0, 0.1) is 0 Å². The lowest BCUT2D eigenvalue weighted by Gasteiger charge is -2.25. The van der Waals surface area contributed by atoms with E-state index in [4.69, 9.17) is 0 Å². The van der Waals surface area contributed by atoms with Gasteiger partial charge in [0.1, 0.15) is 0 Å². The highest BCUT2D eigenvalue weighted by atomic mass is 32.2. The van der Waals surface area contributed by atoms with E-state index in [1.54, 1.807) is 28.6 Å². The molecule has 4 rings (SSSR count). The molecule has 0 bridgehead atoms. The van der Waals surface area contributed by atoms with Crippen LogP contribution in [0.4, 0.5) is 5.69 Å². The van der Waals surface area contributed by atoms with Crippen molar-refractivity contribution in [3.05, 3.63) is 59.2 Å². The molecule has 29 heavy (non-hydrogen) atoms. The molecule has 0 atom stereocenters. The smallest absolute Gasteiger partial charge is 0.243 e. The van der Waals surface area contributed by atoms with Crippen LogP contribution in [0.2, 0.25) is 0 Å². The second kappa shape index (κ2) is 8.67. The number of benzene rings is 2. The van der Waals surface area contributed by atoms with Crippen LogP contribution in [0.5, 0.6) is 0 Å². The largest absolute Gasteiger partial charge is 0.326 e. The number of nitrogens with zero attached hydrogens (tertiary/aromatic N) is 1. The van der Waals surface area contributed by atoms with Crippen LogP contribution in [0.15, 0.2) is 47.4 Å². The first-order valence-electron chi connectivity index (χ1n) is 10.5. The minimum atomic E-state index is -3.43. The highest BCUT2D eigenvalue weighted by molar-refractivity contribution is 7.89. The Morgan fingerprint density at radius 1 is 0.897 bits per heavy atom. The number of fused-ring (bicyclic) bond motifs is 1. The highest BCUT2D eigenvalue weighted by Gasteiger charge is 2.25. The van der Waals surface area contributed by atoms with E-state index in [-0.39, 0.29) is 12.3 Å². The van der Waals surface area contributed by atoms with Gasteiger partial charge in [-0.25, -0.2) is 8.42 Å². The lowest BCUT2D eigenvalue weighted by Crippen LogP contribution is -2.35. The number of sulfonamides is 1. The van der Waals surface area contributed by atoms with Crippen LogP contribution in [-0.2, 0) is 34.1 Å². The number of carbonyl (C=O) groups is 1. The van der Waals surface area contributed by atoms with Crippen LogP contribution < -0.4 is 5.32 Å². The fourth-order valence-corrected chi connectivity index (χ4v) is 5.83. The molecule has 1 saturated heterocycles. The number of nitrogens with one attached hydrogen (secondary N) is 1. The fraction of sp³-hybridized carbons (Fsp3) is 0.435. The zero-order valence-corrected chi connectivity index (χ0v) is 17.5. The molecule has 2 aliphatic rings. The van der Waals surface area contributed by atoms with Crippen molar-refractivity contribution in [1.82, 2.24) is 4.31 Å². The number of aryl methyl sites for hydroxylation is 1. The molecule has 6 heteroatoms. The van der Waals surface area contributed by atoms with Crippen molar-refractivity contribution < 1.29 is 13.2 Å². The molecule has 0 spiro atoms. The summed E-state index contributed by atoms with van der Waals surface area (Å²) in [6.07, 6.45) is 7.60. The molecule has 1 heterocycles. The van der Waals surface area contributed by atoms with Gasteiger partial charge >= 0.3 is 0 Å². The second-order valence-corrected chi connectivity index (χ2v) is 9.92. The van der Waals surface area contributed by atoms with Gasteiger partial charge in [0.05, 0.1) is 11.3 Å². The summed E-state index contributed by atoms with van der Waals surface area (Å²) in [6.45, 7) is 1.18. The van der Waals surface area contributed by atoms with E-state index in [2.05, 4.69) is 11.4 Å². The lowest BCUT2D eigenvalue weighted by atomic mass is 9.90. The van der Waals surface area contributed by atoms with Gasteiger partial charge in [-0.1, -0.05) is 30.7 Å². The van der Waals surface area contributed by atoms with Crippen molar-refractivity contribution in [2.75, 3.05) is 18.4 Å². The first-order valence-corrected chi connectivity index (χ1v) is 12.0. The SMILES string of the molecule is O=C(Cc1ccc(S(=O)(=O)N2CCCCC2)cc1)Nc1cccc2c1CCCC2. The molecule has 5 nitrogen and oxygen atoms in total. The summed E-state index contributed by atoms with van der Waals surface area (Å²) in [5, 5.41) is 3.05. The Morgan fingerprint density at radius 2 is 1.62 bits per heavy atom. The summed E-state index contributed by atoms with van der Waals surface area (Å²) < 4.78 is 27.1. The molecule has 1 amide bonds. The Morgan fingerprint density at radius 3 is 2.38 bits per heavy atom. The standard InChI is InChI=1S/C23H28N2O3S/c26-23(24-22-10-6-8-19-7-2-3-9-21(19)22)17-18-11-13-20(14-12-18)29(27,28)25-15-4-1-5-16-25/h6,8,10-14H,1-5,7,9,15-17H2,(H,24,26). The minimum absolute atomic E-state index is 0.0735. The third-order valence-electron chi connectivity index (χ3n) is 5.91. The number of hydrogen-bond acceptors (Lipinski definition) is 3.